The summed E-state index contributed by atoms with van der Waals surface area (Å²) in [5.41, 5.74) is 10.5. The number of nitrogens with zero attached hydrogens (tertiary/aromatic N) is 3. The molecule has 172 valence electrons. The Morgan fingerprint density at radius 1 is 1.25 bits per heavy atom. The number of carbonyl (C=O) groups is 1. The molecule has 0 bridgehead atoms. The van der Waals surface area contributed by atoms with Gasteiger partial charge in [0.2, 0.25) is 0 Å². The van der Waals surface area contributed by atoms with E-state index in [1.165, 1.54) is 38.2 Å². The number of aromatic hydroxyl groups is 1. The number of aliphatic imine (C=N–C) groups is 2. The summed E-state index contributed by atoms with van der Waals surface area (Å²) in [6.07, 6.45) is 10.7. The van der Waals surface area contributed by atoms with Gasteiger partial charge in [-0.2, -0.15) is 0 Å². The van der Waals surface area contributed by atoms with Gasteiger partial charge in [0.05, 0.1) is 11.4 Å². The Morgan fingerprint density at radius 2 is 1.94 bits per heavy atom. The molecule has 2 aliphatic carbocycles. The molecule has 0 spiro atoms. The van der Waals surface area contributed by atoms with Gasteiger partial charge < -0.3 is 15.7 Å². The summed E-state index contributed by atoms with van der Waals surface area (Å²) < 4.78 is 0. The van der Waals surface area contributed by atoms with Crippen molar-refractivity contribution in [3.63, 3.8) is 0 Å². The van der Waals surface area contributed by atoms with Crippen molar-refractivity contribution in [3.05, 3.63) is 41.0 Å². The summed E-state index contributed by atoms with van der Waals surface area (Å²) in [5, 5.41) is 10.5. The number of rotatable bonds is 3. The number of allylic oxidation sites excluding steroid dienone is 1. The molecule has 32 heavy (non-hydrogen) atoms. The first-order chi connectivity index (χ1) is 15.2. The van der Waals surface area contributed by atoms with Gasteiger partial charge >= 0.3 is 0 Å². The van der Waals surface area contributed by atoms with Gasteiger partial charge in [0, 0.05) is 42.6 Å². The maximum Gasteiger partial charge on any atom is 0.251 e. The molecule has 0 radical (unpaired) electrons. The molecule has 1 heterocycles. The molecule has 6 nitrogen and oxygen atoms in total. The number of nitrogens with two attached hydrogens (primary N) is 1. The second-order valence-electron chi connectivity index (χ2n) is 9.46. The van der Waals surface area contributed by atoms with Crippen LogP contribution in [-0.2, 0) is 11.2 Å². The van der Waals surface area contributed by atoms with E-state index in [2.05, 4.69) is 30.5 Å². The van der Waals surface area contributed by atoms with E-state index in [1.54, 1.807) is 24.1 Å². The molecule has 6 heteroatoms. The van der Waals surface area contributed by atoms with Crippen LogP contribution in [-0.4, -0.2) is 43.1 Å². The van der Waals surface area contributed by atoms with E-state index in [1.807, 2.05) is 13.0 Å². The first-order valence-electron chi connectivity index (χ1n) is 11.4. The molecule has 3 aliphatic rings. The van der Waals surface area contributed by atoms with Gasteiger partial charge in [-0.25, -0.2) is 0 Å². The fraction of sp³-hybridized carbons (Fsp3) is 0.500. The number of hydrogen-bond acceptors (Lipinski definition) is 5. The summed E-state index contributed by atoms with van der Waals surface area (Å²) in [4.78, 5) is 22.5. The highest BCUT2D eigenvalue weighted by atomic mass is 16.3. The van der Waals surface area contributed by atoms with Gasteiger partial charge in [0.1, 0.15) is 5.75 Å². The number of phenols is 1. The number of phenolic OH excluding ortho intramolecular Hbond substituents is 1. The Morgan fingerprint density at radius 3 is 2.44 bits per heavy atom. The van der Waals surface area contributed by atoms with E-state index >= 15 is 0 Å². The summed E-state index contributed by atoms with van der Waals surface area (Å²) in [5.74, 6) is -0.00459. The van der Waals surface area contributed by atoms with Crippen molar-refractivity contribution in [2.24, 2.45) is 21.1 Å². The molecule has 4 rings (SSSR count). The third kappa shape index (κ3) is 4.70. The number of benzene rings is 1. The Labute approximate surface area is 191 Å². The third-order valence-corrected chi connectivity index (χ3v) is 6.64. The quantitative estimate of drug-likeness (QED) is 0.675. The average molecular weight is 437 g/mol. The molecule has 3 N–H and O–H groups in total. The average Bonchev–Trinajstić information content (AvgIpc) is 3.18. The lowest BCUT2D eigenvalue weighted by molar-refractivity contribution is -0.113. The van der Waals surface area contributed by atoms with E-state index in [0.717, 1.165) is 28.1 Å². The van der Waals surface area contributed by atoms with Crippen LogP contribution in [0.2, 0.25) is 0 Å². The van der Waals surface area contributed by atoms with Crippen molar-refractivity contribution in [1.82, 2.24) is 0 Å². The van der Waals surface area contributed by atoms with Gasteiger partial charge in [-0.15, -0.1) is 0 Å². The summed E-state index contributed by atoms with van der Waals surface area (Å²) in [6, 6.07) is 4.01. The maximum atomic E-state index is 12.2. The summed E-state index contributed by atoms with van der Waals surface area (Å²) >= 11 is 0. The zero-order valence-corrected chi connectivity index (χ0v) is 19.8. The topological polar surface area (TPSA) is 91.3 Å². The predicted molar refractivity (Wildman–Crippen MR) is 134 cm³/mol. The number of carbonyl (C=O) groups excluding carboxylic acids is 1. The van der Waals surface area contributed by atoms with Crippen molar-refractivity contribution in [1.29, 1.82) is 0 Å². The standard InChI is InChI=1S/C20H23N3O2.C6H13N/c1-12(21-4)17-18(22-5)13-8-9-15(24)19(14(13)11-20(17,2)3)23-10-6-7-16(23)25;7-6-4-2-1-3-5-6/h6-9,24H,5,10-11H2,1-4H3;6H,1-5,7H2. The van der Waals surface area contributed by atoms with Gasteiger partial charge in [0.25, 0.3) is 5.91 Å². The minimum absolute atomic E-state index is 0.111. The lowest BCUT2D eigenvalue weighted by Crippen LogP contribution is -2.32. The second-order valence-corrected chi connectivity index (χ2v) is 9.46. The van der Waals surface area contributed by atoms with Gasteiger partial charge in [-0.3, -0.25) is 14.8 Å². The van der Waals surface area contributed by atoms with E-state index in [-0.39, 0.29) is 17.1 Å². The minimum atomic E-state index is -0.244. The van der Waals surface area contributed by atoms with E-state index < -0.39 is 0 Å². The Balaban J connectivity index is 0.000000352. The highest BCUT2D eigenvalue weighted by Crippen LogP contribution is 2.49. The first kappa shape index (κ1) is 23.9. The van der Waals surface area contributed by atoms with Crippen LogP contribution >= 0.6 is 0 Å². The van der Waals surface area contributed by atoms with Crippen molar-refractivity contribution in [3.8, 4) is 5.75 Å². The molecule has 1 aromatic carbocycles. The molecule has 0 saturated heterocycles. The van der Waals surface area contributed by atoms with Gasteiger partial charge in [-0.1, -0.05) is 39.2 Å². The predicted octanol–water partition coefficient (Wildman–Crippen LogP) is 4.66. The molecule has 1 fully saturated rings. The van der Waals surface area contributed by atoms with E-state index in [0.29, 0.717) is 24.7 Å². The zero-order chi connectivity index (χ0) is 23.5. The molecule has 1 aliphatic heterocycles. The van der Waals surface area contributed by atoms with Crippen molar-refractivity contribution < 1.29 is 9.90 Å². The molecule has 0 aromatic heterocycles. The highest BCUT2D eigenvalue weighted by Gasteiger charge is 2.38. The van der Waals surface area contributed by atoms with Crippen LogP contribution in [0.25, 0.3) is 5.70 Å². The minimum Gasteiger partial charge on any atom is -0.506 e. The molecule has 1 amide bonds. The monoisotopic (exact) mass is 436 g/mol. The number of fused-ring (bicyclic) bond motifs is 1. The van der Waals surface area contributed by atoms with Crippen molar-refractivity contribution >= 4 is 29.7 Å². The van der Waals surface area contributed by atoms with Crippen LogP contribution in [0.5, 0.6) is 5.75 Å². The Kier molecular flexibility index (Phi) is 7.34. The van der Waals surface area contributed by atoms with Crippen molar-refractivity contribution in [2.45, 2.75) is 65.3 Å². The summed E-state index contributed by atoms with van der Waals surface area (Å²) in [7, 11) is 1.77. The number of amides is 1. The highest BCUT2D eigenvalue weighted by molar-refractivity contribution is 6.09. The molecular weight excluding hydrogens is 400 g/mol. The van der Waals surface area contributed by atoms with Crippen molar-refractivity contribution in [2.75, 3.05) is 18.5 Å². The van der Waals surface area contributed by atoms with E-state index in [9.17, 15) is 9.90 Å². The molecular formula is C26H36N4O2. The van der Waals surface area contributed by atoms with E-state index in [4.69, 9.17) is 5.73 Å². The number of anilines is 1. The van der Waals surface area contributed by atoms with Crippen LogP contribution < -0.4 is 10.6 Å². The fourth-order valence-corrected chi connectivity index (χ4v) is 5.02. The Hall–Kier alpha value is -2.73. The fourth-order valence-electron chi connectivity index (χ4n) is 5.02. The first-order valence-corrected chi connectivity index (χ1v) is 11.4. The molecule has 0 unspecified atom stereocenters. The van der Waals surface area contributed by atoms with Gasteiger partial charge in [0.15, 0.2) is 0 Å². The zero-order valence-electron chi connectivity index (χ0n) is 19.8. The summed E-state index contributed by atoms with van der Waals surface area (Å²) in [6.45, 7) is 10.5. The lowest BCUT2D eigenvalue weighted by Gasteiger charge is -2.37. The Bertz CT molecular complexity index is 982. The molecule has 0 atom stereocenters. The number of hydrogen-bond donors (Lipinski definition) is 2. The second kappa shape index (κ2) is 9.82. The normalized spacial score (nSPS) is 20.7. The largest absolute Gasteiger partial charge is 0.506 e. The van der Waals surface area contributed by atoms with Crippen LogP contribution in [0.3, 0.4) is 0 Å². The molecule has 1 aromatic rings. The third-order valence-electron chi connectivity index (χ3n) is 6.64. The van der Waals surface area contributed by atoms with Crippen LogP contribution in [0.4, 0.5) is 5.69 Å². The lowest BCUT2D eigenvalue weighted by atomic mass is 9.69. The SMILES string of the molecule is C=NC1=C(C(C)=NC)C(C)(C)Cc2c1ccc(O)c2N1CC=CC1=O.NC1CCCCC1. The maximum absolute atomic E-state index is 12.2. The molecule has 1 saturated carbocycles. The smallest absolute Gasteiger partial charge is 0.251 e. The van der Waals surface area contributed by atoms with Crippen LogP contribution in [0, 0.1) is 5.41 Å². The van der Waals surface area contributed by atoms with Gasteiger partial charge in [-0.05, 0) is 56.0 Å². The van der Waals surface area contributed by atoms with Crippen LogP contribution in [0.1, 0.15) is 64.0 Å². The van der Waals surface area contributed by atoms with Crippen LogP contribution in [0.15, 0.2) is 39.8 Å².